The lowest BCUT2D eigenvalue weighted by atomic mass is 10.0. The first kappa shape index (κ1) is 19.0. The quantitative estimate of drug-likeness (QED) is 0.458. The van der Waals surface area contributed by atoms with Gasteiger partial charge >= 0.3 is 5.97 Å². The fourth-order valence-corrected chi connectivity index (χ4v) is 2.52. The van der Waals surface area contributed by atoms with Gasteiger partial charge in [0.25, 0.3) is 11.8 Å². The maximum absolute atomic E-state index is 12.7. The summed E-state index contributed by atoms with van der Waals surface area (Å²) in [5.41, 5.74) is 5.83. The van der Waals surface area contributed by atoms with Crippen LogP contribution >= 0.6 is 0 Å². The molecule has 0 saturated carbocycles. The second kappa shape index (κ2) is 7.73. The van der Waals surface area contributed by atoms with Gasteiger partial charge < -0.3 is 21.3 Å². The van der Waals surface area contributed by atoms with Crippen molar-refractivity contribution in [1.82, 2.24) is 9.88 Å². The van der Waals surface area contributed by atoms with E-state index in [4.69, 9.17) is 5.73 Å². The number of aromatic nitrogens is 1. The van der Waals surface area contributed by atoms with Gasteiger partial charge in [-0.25, -0.2) is 4.79 Å². The summed E-state index contributed by atoms with van der Waals surface area (Å²) in [6.45, 7) is 3.69. The van der Waals surface area contributed by atoms with Crippen LogP contribution in [0.1, 0.15) is 41.1 Å². The molecule has 1 amide bonds. The lowest BCUT2D eigenvalue weighted by Crippen LogP contribution is -2.42. The number of phenols is 1. The number of carboxylic acid groups (broad SMARTS) is 1. The first-order valence-electron chi connectivity index (χ1n) is 8.05. The number of nitrogens with two attached hydrogens (primary N) is 1. The van der Waals surface area contributed by atoms with Gasteiger partial charge in [0.05, 0.1) is 5.56 Å². The molecular formula is C18H21N3O5. The van der Waals surface area contributed by atoms with E-state index in [-0.39, 0.29) is 35.0 Å². The minimum Gasteiger partial charge on any atom is -0.507 e. The van der Waals surface area contributed by atoms with E-state index in [1.807, 2.05) is 13.8 Å². The molecule has 5 N–H and O–H groups in total. The fourth-order valence-electron chi connectivity index (χ4n) is 2.52. The molecule has 0 aliphatic carbocycles. The number of carbonyl (C=O) groups is 3. The highest BCUT2D eigenvalue weighted by Crippen LogP contribution is 2.22. The summed E-state index contributed by atoms with van der Waals surface area (Å²) >= 11 is 0. The number of benzene rings is 1. The van der Waals surface area contributed by atoms with Crippen molar-refractivity contribution in [1.29, 1.82) is 0 Å². The molecule has 1 heterocycles. The van der Waals surface area contributed by atoms with E-state index in [0.29, 0.717) is 0 Å². The molecule has 0 radical (unpaired) electrons. The molecular weight excluding hydrogens is 338 g/mol. The van der Waals surface area contributed by atoms with Gasteiger partial charge in [-0.05, 0) is 42.7 Å². The third kappa shape index (κ3) is 4.21. The number of anilines is 1. The molecule has 0 aliphatic rings. The second-order valence-electron chi connectivity index (χ2n) is 6.34. The smallest absolute Gasteiger partial charge is 0.326 e. The van der Waals surface area contributed by atoms with Crippen molar-refractivity contribution in [3.63, 3.8) is 0 Å². The number of aliphatic carboxylic acids is 1. The van der Waals surface area contributed by atoms with Crippen molar-refractivity contribution in [2.75, 3.05) is 5.73 Å². The molecule has 0 fully saturated rings. The number of nitrogens with one attached hydrogen (secondary N) is 1. The van der Waals surface area contributed by atoms with E-state index in [0.717, 1.165) is 4.57 Å². The minimum absolute atomic E-state index is 0.0353. The Labute approximate surface area is 150 Å². The lowest BCUT2D eigenvalue weighted by molar-refractivity contribution is -0.139. The predicted octanol–water partition coefficient (Wildman–Crippen LogP) is 1.69. The van der Waals surface area contributed by atoms with Crippen molar-refractivity contribution in [3.8, 4) is 5.75 Å². The number of hydrogen-bond acceptors (Lipinski definition) is 5. The van der Waals surface area contributed by atoms with Gasteiger partial charge in [-0.3, -0.25) is 14.2 Å². The van der Waals surface area contributed by atoms with Crippen LogP contribution in [-0.2, 0) is 4.79 Å². The number of carbonyl (C=O) groups excluding carboxylic acids is 2. The van der Waals surface area contributed by atoms with Crippen molar-refractivity contribution < 1.29 is 24.6 Å². The SMILES string of the molecule is CC(C)C[C@H](NC(=O)c1cccn1C(=O)c1cc(N)ccc1O)C(=O)O. The van der Waals surface area contributed by atoms with Crippen LogP contribution in [-0.4, -0.2) is 38.6 Å². The molecule has 0 bridgehead atoms. The number of phenolic OH excluding ortho intramolecular Hbond substituents is 1. The maximum Gasteiger partial charge on any atom is 0.326 e. The van der Waals surface area contributed by atoms with Crippen LogP contribution < -0.4 is 11.1 Å². The molecule has 1 atom stereocenters. The number of nitrogens with zero attached hydrogens (tertiary/aromatic N) is 1. The molecule has 2 rings (SSSR count). The Kier molecular flexibility index (Phi) is 5.66. The van der Waals surface area contributed by atoms with E-state index in [2.05, 4.69) is 5.32 Å². The Bertz CT molecular complexity index is 841. The highest BCUT2D eigenvalue weighted by molar-refractivity contribution is 6.05. The van der Waals surface area contributed by atoms with E-state index < -0.39 is 23.8 Å². The van der Waals surface area contributed by atoms with E-state index in [9.17, 15) is 24.6 Å². The van der Waals surface area contributed by atoms with Crippen LogP contribution in [0.2, 0.25) is 0 Å². The van der Waals surface area contributed by atoms with Gasteiger partial charge in [0.15, 0.2) is 0 Å². The molecule has 0 spiro atoms. The first-order valence-corrected chi connectivity index (χ1v) is 8.05. The largest absolute Gasteiger partial charge is 0.507 e. The predicted molar refractivity (Wildman–Crippen MR) is 95.0 cm³/mol. The number of nitrogen functional groups attached to an aromatic ring is 1. The number of aromatic hydroxyl groups is 1. The van der Waals surface area contributed by atoms with E-state index >= 15 is 0 Å². The van der Waals surface area contributed by atoms with Crippen LogP contribution in [0.4, 0.5) is 5.69 Å². The Morgan fingerprint density at radius 2 is 1.92 bits per heavy atom. The monoisotopic (exact) mass is 359 g/mol. The van der Waals surface area contributed by atoms with Crippen LogP contribution in [0.25, 0.3) is 0 Å². The van der Waals surface area contributed by atoms with Gasteiger partial charge in [-0.15, -0.1) is 0 Å². The molecule has 8 heteroatoms. The van der Waals surface area contributed by atoms with Gasteiger partial charge in [0.2, 0.25) is 0 Å². The lowest BCUT2D eigenvalue weighted by Gasteiger charge is -2.17. The Morgan fingerprint density at radius 1 is 1.23 bits per heavy atom. The zero-order chi connectivity index (χ0) is 19.4. The standard InChI is InChI=1S/C18H21N3O5/c1-10(2)8-13(18(25)26)20-16(23)14-4-3-7-21(14)17(24)12-9-11(19)5-6-15(12)22/h3-7,9-10,13,22H,8,19H2,1-2H3,(H,20,23)(H,25,26)/t13-/m0/s1. The normalized spacial score (nSPS) is 12.0. The third-order valence-corrected chi connectivity index (χ3v) is 3.76. The second-order valence-corrected chi connectivity index (χ2v) is 6.34. The molecule has 8 nitrogen and oxygen atoms in total. The highest BCUT2D eigenvalue weighted by Gasteiger charge is 2.25. The van der Waals surface area contributed by atoms with Crippen LogP contribution in [0.5, 0.6) is 5.75 Å². The average Bonchev–Trinajstić information content (AvgIpc) is 3.05. The van der Waals surface area contributed by atoms with Crippen LogP contribution in [0, 0.1) is 5.92 Å². The summed E-state index contributed by atoms with van der Waals surface area (Å²) in [5, 5.41) is 21.6. The average molecular weight is 359 g/mol. The number of rotatable bonds is 6. The first-order chi connectivity index (χ1) is 12.2. The van der Waals surface area contributed by atoms with Crippen LogP contribution in [0.15, 0.2) is 36.5 Å². The molecule has 138 valence electrons. The molecule has 1 aromatic carbocycles. The topological polar surface area (TPSA) is 135 Å². The van der Waals surface area contributed by atoms with Crippen molar-refractivity contribution in [3.05, 3.63) is 47.8 Å². The van der Waals surface area contributed by atoms with Crippen molar-refractivity contribution in [2.45, 2.75) is 26.3 Å². The molecule has 2 aromatic rings. The van der Waals surface area contributed by atoms with Gasteiger partial charge in [0, 0.05) is 11.9 Å². The third-order valence-electron chi connectivity index (χ3n) is 3.76. The zero-order valence-corrected chi connectivity index (χ0v) is 14.5. The summed E-state index contributed by atoms with van der Waals surface area (Å²) < 4.78 is 1.04. The zero-order valence-electron chi connectivity index (χ0n) is 14.5. The fraction of sp³-hybridized carbons (Fsp3) is 0.278. The number of carboxylic acids is 1. The molecule has 1 aromatic heterocycles. The van der Waals surface area contributed by atoms with Crippen LogP contribution in [0.3, 0.4) is 0 Å². The van der Waals surface area contributed by atoms with Gasteiger partial charge in [0.1, 0.15) is 17.5 Å². The summed E-state index contributed by atoms with van der Waals surface area (Å²) in [6, 6.07) is 5.84. The van der Waals surface area contributed by atoms with Crippen molar-refractivity contribution in [2.24, 2.45) is 5.92 Å². The highest BCUT2D eigenvalue weighted by atomic mass is 16.4. The Balaban J connectivity index is 2.29. The molecule has 26 heavy (non-hydrogen) atoms. The summed E-state index contributed by atoms with van der Waals surface area (Å²) in [6.07, 6.45) is 1.61. The summed E-state index contributed by atoms with van der Waals surface area (Å²) in [7, 11) is 0. The van der Waals surface area contributed by atoms with Gasteiger partial charge in [-0.2, -0.15) is 0 Å². The molecule has 0 unspecified atom stereocenters. The number of amides is 1. The Morgan fingerprint density at radius 3 is 2.54 bits per heavy atom. The Hall–Kier alpha value is -3.29. The molecule has 0 aliphatic heterocycles. The van der Waals surface area contributed by atoms with E-state index in [1.54, 1.807) is 0 Å². The van der Waals surface area contributed by atoms with E-state index in [1.165, 1.54) is 36.5 Å². The number of hydrogen-bond donors (Lipinski definition) is 4. The summed E-state index contributed by atoms with van der Waals surface area (Å²) in [5.74, 6) is -2.70. The summed E-state index contributed by atoms with van der Waals surface area (Å²) in [4.78, 5) is 36.5. The van der Waals surface area contributed by atoms with Crippen molar-refractivity contribution >= 4 is 23.5 Å². The molecule has 0 saturated heterocycles. The minimum atomic E-state index is -1.15. The van der Waals surface area contributed by atoms with Gasteiger partial charge in [-0.1, -0.05) is 13.8 Å². The maximum atomic E-state index is 12.7.